The molecule has 5 heteroatoms. The van der Waals surface area contributed by atoms with Crippen LogP contribution in [0.2, 0.25) is 0 Å². The monoisotopic (exact) mass is 248 g/mol. The second-order valence-corrected chi connectivity index (χ2v) is 4.89. The van der Waals surface area contributed by atoms with Crippen molar-refractivity contribution < 1.29 is 4.79 Å². The highest BCUT2D eigenvalue weighted by molar-refractivity contribution is 5.97. The lowest BCUT2D eigenvalue weighted by Gasteiger charge is -2.17. The lowest BCUT2D eigenvalue weighted by atomic mass is 10.2. The number of anilines is 1. The zero-order chi connectivity index (χ0) is 13.1. The van der Waals surface area contributed by atoms with E-state index in [1.165, 1.54) is 0 Å². The third-order valence-corrected chi connectivity index (χ3v) is 3.19. The number of hydrogen-bond donors (Lipinski definition) is 1. The standard InChI is InChI=1S/C13H20N4O/c1-9(2)12-15-8-10(14-3)11(16-12)13(18)17-6-4-5-7-17/h8-9,14H,4-7H2,1-3H3. The molecule has 0 aliphatic carbocycles. The van der Waals surface area contributed by atoms with E-state index < -0.39 is 0 Å². The zero-order valence-corrected chi connectivity index (χ0v) is 11.2. The first-order valence-corrected chi connectivity index (χ1v) is 6.47. The fourth-order valence-corrected chi connectivity index (χ4v) is 2.09. The van der Waals surface area contributed by atoms with Crippen molar-refractivity contribution in [2.45, 2.75) is 32.6 Å². The van der Waals surface area contributed by atoms with Crippen molar-refractivity contribution in [3.05, 3.63) is 17.7 Å². The first-order valence-electron chi connectivity index (χ1n) is 6.47. The Kier molecular flexibility index (Phi) is 3.79. The fraction of sp³-hybridized carbons (Fsp3) is 0.615. The molecule has 5 nitrogen and oxygen atoms in total. The molecule has 1 aliphatic heterocycles. The topological polar surface area (TPSA) is 58.1 Å². The van der Waals surface area contributed by atoms with Crippen LogP contribution < -0.4 is 5.32 Å². The van der Waals surface area contributed by atoms with Crippen LogP contribution in [0.5, 0.6) is 0 Å². The molecule has 0 unspecified atom stereocenters. The normalized spacial score (nSPS) is 15.2. The highest BCUT2D eigenvalue weighted by Crippen LogP contribution is 2.19. The molecule has 1 aromatic heterocycles. The lowest BCUT2D eigenvalue weighted by Crippen LogP contribution is -2.29. The Labute approximate surface area is 108 Å². The van der Waals surface area contributed by atoms with Crippen LogP contribution in [0, 0.1) is 0 Å². The summed E-state index contributed by atoms with van der Waals surface area (Å²) in [6.45, 7) is 5.73. The number of hydrogen-bond acceptors (Lipinski definition) is 4. The van der Waals surface area contributed by atoms with Crippen molar-refractivity contribution in [1.82, 2.24) is 14.9 Å². The lowest BCUT2D eigenvalue weighted by molar-refractivity contribution is 0.0787. The van der Waals surface area contributed by atoms with Gasteiger partial charge in [-0.2, -0.15) is 0 Å². The van der Waals surface area contributed by atoms with E-state index in [1.54, 1.807) is 13.2 Å². The van der Waals surface area contributed by atoms with Crippen molar-refractivity contribution in [2.75, 3.05) is 25.5 Å². The van der Waals surface area contributed by atoms with E-state index in [2.05, 4.69) is 15.3 Å². The molecule has 1 saturated heterocycles. The average molecular weight is 248 g/mol. The van der Waals surface area contributed by atoms with Gasteiger partial charge in [-0.05, 0) is 12.8 Å². The molecule has 0 saturated carbocycles. The van der Waals surface area contributed by atoms with Crippen LogP contribution in [0.1, 0.15) is 48.9 Å². The van der Waals surface area contributed by atoms with Gasteiger partial charge in [0.25, 0.3) is 5.91 Å². The van der Waals surface area contributed by atoms with Crippen LogP contribution in [-0.4, -0.2) is 40.9 Å². The Morgan fingerprint density at radius 3 is 2.61 bits per heavy atom. The van der Waals surface area contributed by atoms with Gasteiger partial charge >= 0.3 is 0 Å². The maximum Gasteiger partial charge on any atom is 0.274 e. The van der Waals surface area contributed by atoms with Crippen LogP contribution in [0.4, 0.5) is 5.69 Å². The van der Waals surface area contributed by atoms with Crippen molar-refractivity contribution in [3.8, 4) is 0 Å². The van der Waals surface area contributed by atoms with E-state index in [1.807, 2.05) is 18.7 Å². The highest BCUT2D eigenvalue weighted by Gasteiger charge is 2.24. The number of likely N-dealkylation sites (tertiary alicyclic amines) is 1. The molecule has 1 aliphatic rings. The number of carbonyl (C=O) groups is 1. The van der Waals surface area contributed by atoms with Gasteiger partial charge in [0, 0.05) is 26.1 Å². The second-order valence-electron chi connectivity index (χ2n) is 4.89. The van der Waals surface area contributed by atoms with Crippen LogP contribution >= 0.6 is 0 Å². The quantitative estimate of drug-likeness (QED) is 0.887. The molecule has 1 N–H and O–H groups in total. The molecule has 2 rings (SSSR count). The van der Waals surface area contributed by atoms with Gasteiger partial charge in [0.05, 0.1) is 11.9 Å². The van der Waals surface area contributed by atoms with Gasteiger partial charge in [0.15, 0.2) is 5.69 Å². The van der Waals surface area contributed by atoms with Crippen LogP contribution in [0.3, 0.4) is 0 Å². The summed E-state index contributed by atoms with van der Waals surface area (Å²) in [6.07, 6.45) is 3.87. The largest absolute Gasteiger partial charge is 0.385 e. The van der Waals surface area contributed by atoms with E-state index in [-0.39, 0.29) is 11.8 Å². The van der Waals surface area contributed by atoms with Crippen molar-refractivity contribution >= 4 is 11.6 Å². The average Bonchev–Trinajstić information content (AvgIpc) is 2.90. The molecule has 98 valence electrons. The second kappa shape index (κ2) is 5.33. The van der Waals surface area contributed by atoms with Crippen molar-refractivity contribution in [2.24, 2.45) is 0 Å². The number of aromatic nitrogens is 2. The van der Waals surface area contributed by atoms with Gasteiger partial charge in [-0.25, -0.2) is 9.97 Å². The van der Waals surface area contributed by atoms with Gasteiger partial charge < -0.3 is 10.2 Å². The van der Waals surface area contributed by atoms with Gasteiger partial charge in [0.2, 0.25) is 0 Å². The molecular formula is C13H20N4O. The predicted octanol–water partition coefficient (Wildman–Crippen LogP) is 1.88. The van der Waals surface area contributed by atoms with E-state index in [0.29, 0.717) is 11.4 Å². The number of nitrogens with zero attached hydrogens (tertiary/aromatic N) is 3. The Balaban J connectivity index is 2.33. The Hall–Kier alpha value is -1.65. The van der Waals surface area contributed by atoms with E-state index >= 15 is 0 Å². The number of carbonyl (C=O) groups excluding carboxylic acids is 1. The zero-order valence-electron chi connectivity index (χ0n) is 11.2. The molecule has 0 radical (unpaired) electrons. The van der Waals surface area contributed by atoms with Crippen LogP contribution in [0.15, 0.2) is 6.20 Å². The molecule has 0 atom stereocenters. The van der Waals surface area contributed by atoms with Crippen LogP contribution in [0.25, 0.3) is 0 Å². The summed E-state index contributed by atoms with van der Waals surface area (Å²) in [4.78, 5) is 23.0. The summed E-state index contributed by atoms with van der Waals surface area (Å²) < 4.78 is 0. The summed E-state index contributed by atoms with van der Waals surface area (Å²) >= 11 is 0. The SMILES string of the molecule is CNc1cnc(C(C)C)nc1C(=O)N1CCCC1. The Morgan fingerprint density at radius 1 is 1.39 bits per heavy atom. The minimum atomic E-state index is 0.0150. The number of rotatable bonds is 3. The van der Waals surface area contributed by atoms with E-state index in [0.717, 1.165) is 31.8 Å². The van der Waals surface area contributed by atoms with Crippen LogP contribution in [-0.2, 0) is 0 Å². The molecule has 1 fully saturated rings. The predicted molar refractivity (Wildman–Crippen MR) is 70.8 cm³/mol. The van der Waals surface area contributed by atoms with Crippen molar-refractivity contribution in [3.63, 3.8) is 0 Å². The highest BCUT2D eigenvalue weighted by atomic mass is 16.2. The molecule has 2 heterocycles. The summed E-state index contributed by atoms with van der Waals surface area (Å²) in [5.41, 5.74) is 1.20. The van der Waals surface area contributed by atoms with Gasteiger partial charge in [0.1, 0.15) is 5.82 Å². The van der Waals surface area contributed by atoms with Gasteiger partial charge in [-0.3, -0.25) is 4.79 Å². The molecule has 1 amide bonds. The summed E-state index contributed by atoms with van der Waals surface area (Å²) in [5.74, 6) is 0.957. The molecule has 0 aromatic carbocycles. The minimum Gasteiger partial charge on any atom is -0.385 e. The Bertz CT molecular complexity index is 439. The first kappa shape index (κ1) is 12.8. The Morgan fingerprint density at radius 2 is 2.06 bits per heavy atom. The van der Waals surface area contributed by atoms with E-state index in [9.17, 15) is 4.79 Å². The molecule has 18 heavy (non-hydrogen) atoms. The molecule has 0 bridgehead atoms. The third-order valence-electron chi connectivity index (χ3n) is 3.19. The fourth-order valence-electron chi connectivity index (χ4n) is 2.09. The number of nitrogens with one attached hydrogen (secondary N) is 1. The van der Waals surface area contributed by atoms with E-state index in [4.69, 9.17) is 0 Å². The summed E-state index contributed by atoms with van der Waals surface area (Å²) in [5, 5.41) is 2.99. The molecule has 0 spiro atoms. The summed E-state index contributed by atoms with van der Waals surface area (Å²) in [7, 11) is 1.79. The first-order chi connectivity index (χ1) is 8.63. The van der Waals surface area contributed by atoms with Crippen molar-refractivity contribution in [1.29, 1.82) is 0 Å². The summed E-state index contributed by atoms with van der Waals surface area (Å²) in [6, 6.07) is 0. The maximum absolute atomic E-state index is 12.4. The minimum absolute atomic E-state index is 0.0150. The maximum atomic E-state index is 12.4. The third kappa shape index (κ3) is 2.44. The smallest absolute Gasteiger partial charge is 0.274 e. The number of amides is 1. The molecular weight excluding hydrogens is 228 g/mol. The molecule has 1 aromatic rings. The van der Waals surface area contributed by atoms with Gasteiger partial charge in [-0.15, -0.1) is 0 Å². The van der Waals surface area contributed by atoms with Gasteiger partial charge in [-0.1, -0.05) is 13.8 Å².